The van der Waals surface area contributed by atoms with Crippen LogP contribution in [0, 0.1) is 5.82 Å². The molecule has 9 heteroatoms. The van der Waals surface area contributed by atoms with Gasteiger partial charge in [0.05, 0.1) is 13.7 Å². The first kappa shape index (κ1) is 21.3. The third-order valence-electron chi connectivity index (χ3n) is 6.18. The average molecular weight is 449 g/mol. The largest absolute Gasteiger partial charge is 0.497 e. The first-order chi connectivity index (χ1) is 16.1. The van der Waals surface area contributed by atoms with E-state index in [9.17, 15) is 9.18 Å². The molecule has 8 nitrogen and oxygen atoms in total. The van der Waals surface area contributed by atoms with Crippen molar-refractivity contribution >= 4 is 10.9 Å². The molecular formula is C24H25FN6O2. The standard InChI is InChI=1S/C24H25FN6O2/c1-33-19-9-10-21-17(13-19)14-20(24(32)26-21)22(30-11-3-2-4-12-30)23-27-28-29-31(23)15-16-5-7-18(25)8-6-16/h5-10,13-14,22H,2-4,11-12,15H2,1H3,(H,26,32)/t22-/m0/s1. The van der Waals surface area contributed by atoms with Crippen LogP contribution < -0.4 is 10.3 Å². The van der Waals surface area contributed by atoms with E-state index in [4.69, 9.17) is 4.74 Å². The summed E-state index contributed by atoms with van der Waals surface area (Å²) in [5, 5.41) is 13.3. The summed E-state index contributed by atoms with van der Waals surface area (Å²) < 4.78 is 20.4. The van der Waals surface area contributed by atoms with E-state index in [2.05, 4.69) is 25.4 Å². The van der Waals surface area contributed by atoms with Crippen LogP contribution in [0.5, 0.6) is 5.75 Å². The number of methoxy groups -OCH3 is 1. The van der Waals surface area contributed by atoms with E-state index in [0.29, 0.717) is 17.9 Å². The number of hydrogen-bond acceptors (Lipinski definition) is 6. The van der Waals surface area contributed by atoms with Gasteiger partial charge in [-0.15, -0.1) is 5.10 Å². The Morgan fingerprint density at radius 1 is 1.09 bits per heavy atom. The number of likely N-dealkylation sites (tertiary alicyclic amines) is 1. The molecule has 4 aromatic rings. The molecule has 1 aliphatic heterocycles. The van der Waals surface area contributed by atoms with Crippen molar-refractivity contribution in [2.24, 2.45) is 0 Å². The monoisotopic (exact) mass is 448 g/mol. The van der Waals surface area contributed by atoms with Crippen LogP contribution in [0.1, 0.15) is 42.3 Å². The number of H-pyrrole nitrogens is 1. The first-order valence-electron chi connectivity index (χ1n) is 11.1. The van der Waals surface area contributed by atoms with Crippen molar-refractivity contribution in [1.82, 2.24) is 30.1 Å². The number of tetrazole rings is 1. The minimum absolute atomic E-state index is 0.167. The van der Waals surface area contributed by atoms with Gasteiger partial charge in [-0.25, -0.2) is 9.07 Å². The number of aromatic nitrogens is 5. The van der Waals surface area contributed by atoms with Gasteiger partial charge in [-0.2, -0.15) is 0 Å². The van der Waals surface area contributed by atoms with Gasteiger partial charge < -0.3 is 9.72 Å². The second-order valence-electron chi connectivity index (χ2n) is 8.33. The number of rotatable bonds is 6. The lowest BCUT2D eigenvalue weighted by molar-refractivity contribution is 0.177. The van der Waals surface area contributed by atoms with Crippen LogP contribution in [0.3, 0.4) is 0 Å². The van der Waals surface area contributed by atoms with Crippen LogP contribution in [-0.4, -0.2) is 50.3 Å². The number of aromatic amines is 1. The molecule has 2 aromatic heterocycles. The molecule has 0 aliphatic carbocycles. The molecule has 2 aromatic carbocycles. The normalized spacial score (nSPS) is 15.6. The van der Waals surface area contributed by atoms with Gasteiger partial charge in [0, 0.05) is 16.5 Å². The molecule has 0 unspecified atom stereocenters. The highest BCUT2D eigenvalue weighted by molar-refractivity contribution is 5.80. The second-order valence-corrected chi connectivity index (χ2v) is 8.33. The Balaban J connectivity index is 1.61. The number of nitrogens with zero attached hydrogens (tertiary/aromatic N) is 5. The van der Waals surface area contributed by atoms with Gasteiger partial charge in [-0.3, -0.25) is 9.69 Å². The number of benzene rings is 2. The zero-order chi connectivity index (χ0) is 22.8. The molecule has 0 saturated carbocycles. The van der Waals surface area contributed by atoms with Gasteiger partial charge in [0.25, 0.3) is 5.56 Å². The Morgan fingerprint density at radius 2 is 1.88 bits per heavy atom. The topological polar surface area (TPSA) is 88.9 Å². The van der Waals surface area contributed by atoms with Gasteiger partial charge in [-0.1, -0.05) is 18.6 Å². The van der Waals surface area contributed by atoms with E-state index in [1.807, 2.05) is 24.3 Å². The molecule has 5 rings (SSSR count). The first-order valence-corrected chi connectivity index (χ1v) is 11.1. The van der Waals surface area contributed by atoms with Crippen molar-refractivity contribution in [3.63, 3.8) is 0 Å². The van der Waals surface area contributed by atoms with Crippen LogP contribution >= 0.6 is 0 Å². The Labute approximate surface area is 190 Å². The van der Waals surface area contributed by atoms with Gasteiger partial charge in [0.1, 0.15) is 17.6 Å². The van der Waals surface area contributed by atoms with Crippen molar-refractivity contribution in [2.45, 2.75) is 31.8 Å². The summed E-state index contributed by atoms with van der Waals surface area (Å²) in [5.41, 5.74) is 2.04. The van der Waals surface area contributed by atoms with E-state index in [1.165, 1.54) is 12.1 Å². The lowest BCUT2D eigenvalue weighted by Crippen LogP contribution is -2.38. The minimum atomic E-state index is -0.403. The van der Waals surface area contributed by atoms with E-state index >= 15 is 0 Å². The van der Waals surface area contributed by atoms with Gasteiger partial charge >= 0.3 is 0 Å². The Bertz CT molecular complexity index is 1310. The average Bonchev–Trinajstić information content (AvgIpc) is 3.29. The molecule has 0 bridgehead atoms. The van der Waals surface area contributed by atoms with E-state index in [0.717, 1.165) is 54.6 Å². The third kappa shape index (κ3) is 4.36. The second kappa shape index (κ2) is 9.11. The molecule has 1 fully saturated rings. The highest BCUT2D eigenvalue weighted by atomic mass is 19.1. The highest BCUT2D eigenvalue weighted by Crippen LogP contribution is 2.30. The molecule has 1 saturated heterocycles. The molecule has 1 aliphatic rings. The van der Waals surface area contributed by atoms with Gasteiger partial charge in [0.15, 0.2) is 5.82 Å². The van der Waals surface area contributed by atoms with Crippen molar-refractivity contribution in [2.75, 3.05) is 20.2 Å². The Morgan fingerprint density at radius 3 is 2.64 bits per heavy atom. The van der Waals surface area contributed by atoms with Crippen LogP contribution in [0.25, 0.3) is 10.9 Å². The number of nitrogens with one attached hydrogen (secondary N) is 1. The fourth-order valence-corrected chi connectivity index (χ4v) is 4.49. The van der Waals surface area contributed by atoms with Crippen LogP contribution in [0.4, 0.5) is 4.39 Å². The van der Waals surface area contributed by atoms with Crippen LogP contribution in [0.2, 0.25) is 0 Å². The summed E-state index contributed by atoms with van der Waals surface area (Å²) in [6.07, 6.45) is 3.26. The summed E-state index contributed by atoms with van der Waals surface area (Å²) in [6.45, 7) is 2.08. The summed E-state index contributed by atoms with van der Waals surface area (Å²) in [5.74, 6) is 1.02. The fourth-order valence-electron chi connectivity index (χ4n) is 4.49. The molecule has 170 valence electrons. The van der Waals surface area contributed by atoms with E-state index < -0.39 is 6.04 Å². The summed E-state index contributed by atoms with van der Waals surface area (Å²) in [4.78, 5) is 18.5. The summed E-state index contributed by atoms with van der Waals surface area (Å²) >= 11 is 0. The van der Waals surface area contributed by atoms with E-state index in [-0.39, 0.29) is 11.4 Å². The predicted molar refractivity (Wildman–Crippen MR) is 122 cm³/mol. The van der Waals surface area contributed by atoms with Gasteiger partial charge in [-0.05, 0) is 78.3 Å². The predicted octanol–water partition coefficient (Wildman–Crippen LogP) is 3.29. The lowest BCUT2D eigenvalue weighted by Gasteiger charge is -2.33. The fraction of sp³-hybridized carbons (Fsp3) is 0.333. The maximum absolute atomic E-state index is 13.4. The smallest absolute Gasteiger partial charge is 0.253 e. The highest BCUT2D eigenvalue weighted by Gasteiger charge is 2.31. The molecule has 1 atom stereocenters. The molecule has 33 heavy (non-hydrogen) atoms. The molecular weight excluding hydrogens is 423 g/mol. The van der Waals surface area contributed by atoms with Crippen molar-refractivity contribution in [1.29, 1.82) is 0 Å². The number of ether oxygens (including phenoxy) is 1. The minimum Gasteiger partial charge on any atom is -0.497 e. The van der Waals surface area contributed by atoms with Crippen LogP contribution in [0.15, 0.2) is 53.3 Å². The van der Waals surface area contributed by atoms with Crippen LogP contribution in [-0.2, 0) is 6.54 Å². The van der Waals surface area contributed by atoms with Gasteiger partial charge in [0.2, 0.25) is 0 Å². The molecule has 0 amide bonds. The quantitative estimate of drug-likeness (QED) is 0.487. The van der Waals surface area contributed by atoms with Crippen molar-refractivity contribution in [3.05, 3.63) is 81.7 Å². The number of piperidine rings is 1. The summed E-state index contributed by atoms with van der Waals surface area (Å²) in [7, 11) is 1.62. The van der Waals surface area contributed by atoms with Crippen molar-refractivity contribution < 1.29 is 9.13 Å². The molecule has 3 heterocycles. The Kier molecular flexibility index (Phi) is 5.87. The molecule has 0 radical (unpaired) electrons. The maximum atomic E-state index is 13.4. The lowest BCUT2D eigenvalue weighted by atomic mass is 10.0. The van der Waals surface area contributed by atoms with Crippen molar-refractivity contribution in [3.8, 4) is 5.75 Å². The zero-order valence-corrected chi connectivity index (χ0v) is 18.4. The van der Waals surface area contributed by atoms with E-state index in [1.54, 1.807) is 23.9 Å². The SMILES string of the molecule is COc1ccc2[nH]c(=O)c([C@@H](c3nnnn3Cc3ccc(F)cc3)N3CCCCC3)cc2c1. The number of hydrogen-bond donors (Lipinski definition) is 1. The number of halogens is 1. The molecule has 0 spiro atoms. The zero-order valence-electron chi connectivity index (χ0n) is 18.4. The maximum Gasteiger partial charge on any atom is 0.253 e. The number of pyridine rings is 1. The Hall–Kier alpha value is -3.59. The third-order valence-corrected chi connectivity index (χ3v) is 6.18. The summed E-state index contributed by atoms with van der Waals surface area (Å²) in [6, 6.07) is 13.3. The number of fused-ring (bicyclic) bond motifs is 1. The molecule has 1 N–H and O–H groups in total.